The van der Waals surface area contributed by atoms with E-state index < -0.39 is 5.97 Å². The lowest BCUT2D eigenvalue weighted by Gasteiger charge is -2.08. The van der Waals surface area contributed by atoms with Crippen LogP contribution in [-0.4, -0.2) is 22.7 Å². The fourth-order valence-corrected chi connectivity index (χ4v) is 2.04. The van der Waals surface area contributed by atoms with Crippen molar-refractivity contribution in [2.75, 3.05) is 6.61 Å². The van der Waals surface area contributed by atoms with Crippen molar-refractivity contribution >= 4 is 44.3 Å². The van der Waals surface area contributed by atoms with Crippen LogP contribution >= 0.6 is 27.5 Å². The number of aliphatic carboxylic acids is 1. The van der Waals surface area contributed by atoms with Gasteiger partial charge in [0.1, 0.15) is 10.9 Å². The third-order valence-corrected chi connectivity index (χ3v) is 3.02. The van der Waals surface area contributed by atoms with E-state index in [4.69, 9.17) is 21.4 Å². The molecule has 1 aromatic carbocycles. The number of carboxylic acid groups (broad SMARTS) is 1. The van der Waals surface area contributed by atoms with Gasteiger partial charge < -0.3 is 9.84 Å². The van der Waals surface area contributed by atoms with E-state index in [1.54, 1.807) is 24.4 Å². The second-order valence-electron chi connectivity index (χ2n) is 3.28. The molecule has 17 heavy (non-hydrogen) atoms. The topological polar surface area (TPSA) is 59.4 Å². The van der Waals surface area contributed by atoms with Crippen molar-refractivity contribution in [3.05, 3.63) is 34.0 Å². The minimum absolute atomic E-state index is 0.369. The number of aromatic nitrogens is 1. The molecule has 0 spiro atoms. The standard InChI is InChI=1S/C11H7BrClNO3/c12-8-1-2-9(17-5-11(15)16)7-4-14-10(13)3-6(7)8/h1-4H,5H2,(H,15,16). The largest absolute Gasteiger partial charge is 0.481 e. The lowest BCUT2D eigenvalue weighted by atomic mass is 10.1. The van der Waals surface area contributed by atoms with Crippen LogP contribution < -0.4 is 4.74 Å². The molecule has 0 amide bonds. The Morgan fingerprint density at radius 1 is 1.47 bits per heavy atom. The van der Waals surface area contributed by atoms with Crippen LogP contribution in [0.4, 0.5) is 0 Å². The molecule has 0 atom stereocenters. The van der Waals surface area contributed by atoms with Gasteiger partial charge in [0.15, 0.2) is 6.61 Å². The summed E-state index contributed by atoms with van der Waals surface area (Å²) in [6, 6.07) is 5.15. The molecule has 1 aromatic heterocycles. The van der Waals surface area contributed by atoms with Gasteiger partial charge in [0, 0.05) is 21.4 Å². The predicted octanol–water partition coefficient (Wildman–Crippen LogP) is 3.11. The van der Waals surface area contributed by atoms with E-state index in [1.165, 1.54) is 0 Å². The van der Waals surface area contributed by atoms with Crippen molar-refractivity contribution in [1.29, 1.82) is 0 Å². The molecule has 0 fully saturated rings. The van der Waals surface area contributed by atoms with Crippen molar-refractivity contribution in [3.8, 4) is 5.75 Å². The first-order chi connectivity index (χ1) is 8.08. The maximum Gasteiger partial charge on any atom is 0.341 e. The molecule has 1 N–H and O–H groups in total. The quantitative estimate of drug-likeness (QED) is 0.884. The molecular formula is C11H7BrClNO3. The van der Waals surface area contributed by atoms with Crippen molar-refractivity contribution < 1.29 is 14.6 Å². The molecule has 0 radical (unpaired) electrons. The van der Waals surface area contributed by atoms with Crippen LogP contribution in [-0.2, 0) is 4.79 Å². The van der Waals surface area contributed by atoms with E-state index in [-0.39, 0.29) is 6.61 Å². The fourth-order valence-electron chi connectivity index (χ4n) is 1.42. The van der Waals surface area contributed by atoms with E-state index in [1.807, 2.05) is 0 Å². The van der Waals surface area contributed by atoms with Crippen LogP contribution in [0.25, 0.3) is 10.8 Å². The zero-order valence-corrected chi connectivity index (χ0v) is 10.8. The lowest BCUT2D eigenvalue weighted by molar-refractivity contribution is -0.139. The summed E-state index contributed by atoms with van der Waals surface area (Å²) in [5.74, 6) is -0.558. The van der Waals surface area contributed by atoms with Crippen molar-refractivity contribution in [2.45, 2.75) is 0 Å². The number of halogens is 2. The van der Waals surface area contributed by atoms with Gasteiger partial charge in [-0.05, 0) is 18.2 Å². The zero-order valence-electron chi connectivity index (χ0n) is 8.48. The summed E-state index contributed by atoms with van der Waals surface area (Å²) in [4.78, 5) is 14.4. The van der Waals surface area contributed by atoms with Gasteiger partial charge in [-0.3, -0.25) is 0 Å². The third kappa shape index (κ3) is 2.68. The Morgan fingerprint density at radius 2 is 2.24 bits per heavy atom. The van der Waals surface area contributed by atoms with Gasteiger partial charge in [-0.15, -0.1) is 0 Å². The number of benzene rings is 1. The van der Waals surface area contributed by atoms with Gasteiger partial charge >= 0.3 is 5.97 Å². The molecule has 88 valence electrons. The highest BCUT2D eigenvalue weighted by Gasteiger charge is 2.08. The summed E-state index contributed by atoms with van der Waals surface area (Å²) >= 11 is 9.19. The second-order valence-corrected chi connectivity index (χ2v) is 4.52. The molecule has 4 nitrogen and oxygen atoms in total. The third-order valence-electron chi connectivity index (χ3n) is 2.13. The second kappa shape index (κ2) is 4.89. The van der Waals surface area contributed by atoms with Crippen molar-refractivity contribution in [3.63, 3.8) is 0 Å². The average Bonchev–Trinajstić information content (AvgIpc) is 2.28. The molecule has 2 rings (SSSR count). The van der Waals surface area contributed by atoms with Gasteiger partial charge in [-0.1, -0.05) is 27.5 Å². The van der Waals surface area contributed by atoms with Crippen molar-refractivity contribution in [2.24, 2.45) is 0 Å². The SMILES string of the molecule is O=C(O)COc1ccc(Br)c2cc(Cl)ncc12. The number of nitrogens with zero attached hydrogens (tertiary/aromatic N) is 1. The number of carboxylic acids is 1. The van der Waals surface area contributed by atoms with Gasteiger partial charge in [0.25, 0.3) is 0 Å². The minimum atomic E-state index is -1.03. The van der Waals surface area contributed by atoms with Gasteiger partial charge in [-0.25, -0.2) is 9.78 Å². The number of fused-ring (bicyclic) bond motifs is 1. The molecule has 0 unspecified atom stereocenters. The van der Waals surface area contributed by atoms with Gasteiger partial charge in [0.05, 0.1) is 0 Å². The summed E-state index contributed by atoms with van der Waals surface area (Å²) in [7, 11) is 0. The minimum Gasteiger partial charge on any atom is -0.481 e. The normalized spacial score (nSPS) is 10.5. The Morgan fingerprint density at radius 3 is 2.94 bits per heavy atom. The number of ether oxygens (including phenoxy) is 1. The summed E-state index contributed by atoms with van der Waals surface area (Å²) in [6.07, 6.45) is 1.56. The Hall–Kier alpha value is -1.33. The Kier molecular flexibility index (Phi) is 3.49. The van der Waals surface area contributed by atoms with Crippen LogP contribution in [0.5, 0.6) is 5.75 Å². The number of rotatable bonds is 3. The Balaban J connectivity index is 2.50. The monoisotopic (exact) mass is 315 g/mol. The smallest absolute Gasteiger partial charge is 0.341 e. The first-order valence-electron chi connectivity index (χ1n) is 4.66. The van der Waals surface area contributed by atoms with E-state index >= 15 is 0 Å². The fraction of sp³-hybridized carbons (Fsp3) is 0.0909. The maximum atomic E-state index is 10.5. The maximum absolute atomic E-state index is 10.5. The zero-order chi connectivity index (χ0) is 12.4. The van der Waals surface area contributed by atoms with E-state index in [2.05, 4.69) is 20.9 Å². The highest BCUT2D eigenvalue weighted by Crippen LogP contribution is 2.32. The highest BCUT2D eigenvalue weighted by atomic mass is 79.9. The number of pyridine rings is 1. The molecule has 1 heterocycles. The van der Waals surface area contributed by atoms with E-state index in [9.17, 15) is 4.79 Å². The van der Waals surface area contributed by atoms with E-state index in [0.29, 0.717) is 16.3 Å². The predicted molar refractivity (Wildman–Crippen MR) is 67.6 cm³/mol. The first kappa shape index (κ1) is 12.1. The molecule has 0 aliphatic carbocycles. The van der Waals surface area contributed by atoms with Crippen LogP contribution in [0.3, 0.4) is 0 Å². The lowest BCUT2D eigenvalue weighted by Crippen LogP contribution is -2.09. The Bertz CT molecular complexity index is 588. The summed E-state index contributed by atoms with van der Waals surface area (Å²) in [6.45, 7) is -0.390. The number of hydrogen-bond donors (Lipinski definition) is 1. The van der Waals surface area contributed by atoms with Crippen LogP contribution in [0.1, 0.15) is 0 Å². The molecule has 0 saturated carbocycles. The van der Waals surface area contributed by atoms with Crippen LogP contribution in [0, 0.1) is 0 Å². The van der Waals surface area contributed by atoms with E-state index in [0.717, 1.165) is 9.86 Å². The first-order valence-corrected chi connectivity index (χ1v) is 5.83. The van der Waals surface area contributed by atoms with Crippen LogP contribution in [0.15, 0.2) is 28.9 Å². The molecule has 0 aliphatic heterocycles. The summed E-state index contributed by atoms with van der Waals surface area (Å²) in [5, 5.41) is 10.5. The van der Waals surface area contributed by atoms with Gasteiger partial charge in [0.2, 0.25) is 0 Å². The van der Waals surface area contributed by atoms with Crippen molar-refractivity contribution in [1.82, 2.24) is 4.98 Å². The summed E-state index contributed by atoms with van der Waals surface area (Å²) in [5.41, 5.74) is 0. The molecule has 0 bridgehead atoms. The molecular weight excluding hydrogens is 309 g/mol. The van der Waals surface area contributed by atoms with Gasteiger partial charge in [-0.2, -0.15) is 0 Å². The number of carbonyl (C=O) groups is 1. The number of hydrogen-bond acceptors (Lipinski definition) is 3. The molecule has 2 aromatic rings. The van der Waals surface area contributed by atoms with Crippen LogP contribution in [0.2, 0.25) is 5.15 Å². The molecule has 0 saturated heterocycles. The molecule has 6 heteroatoms. The Labute approximate surface area is 110 Å². The molecule has 0 aliphatic rings. The summed E-state index contributed by atoms with van der Waals surface area (Å²) < 4.78 is 6.02. The highest BCUT2D eigenvalue weighted by molar-refractivity contribution is 9.10. The average molecular weight is 317 g/mol.